The van der Waals surface area contributed by atoms with Crippen LogP contribution in [-0.2, 0) is 6.54 Å². The van der Waals surface area contributed by atoms with Gasteiger partial charge in [0.15, 0.2) is 0 Å². The van der Waals surface area contributed by atoms with Gasteiger partial charge in [0.25, 0.3) is 0 Å². The number of pyridine rings is 1. The maximum Gasteiger partial charge on any atom is 0.0706 e. The summed E-state index contributed by atoms with van der Waals surface area (Å²) in [5, 5.41) is 4.62. The third-order valence-electron chi connectivity index (χ3n) is 3.38. The highest BCUT2D eigenvalue weighted by Gasteiger charge is 2.02. The average Bonchev–Trinajstić information content (AvgIpc) is 2.48. The van der Waals surface area contributed by atoms with Crippen molar-refractivity contribution in [3.63, 3.8) is 0 Å². The van der Waals surface area contributed by atoms with Crippen molar-refractivity contribution >= 4 is 32.5 Å². The number of hydrogen-bond donors (Lipinski definition) is 1. The van der Waals surface area contributed by atoms with Gasteiger partial charge in [-0.05, 0) is 36.8 Å². The molecule has 0 aliphatic heterocycles. The quantitative estimate of drug-likeness (QED) is 0.739. The molecule has 3 rings (SSSR count). The summed E-state index contributed by atoms with van der Waals surface area (Å²) in [4.78, 5) is 4.67. The molecular weight excluding hydrogens is 312 g/mol. The number of nitrogens with zero attached hydrogens (tertiary/aromatic N) is 1. The third kappa shape index (κ3) is 2.68. The Bertz CT molecular complexity index is 753. The SMILES string of the molecule is Cc1c(Br)cccc1NCc1ccc2ccccc2n1. The van der Waals surface area contributed by atoms with E-state index in [-0.39, 0.29) is 0 Å². The Morgan fingerprint density at radius 2 is 1.85 bits per heavy atom. The van der Waals surface area contributed by atoms with Gasteiger partial charge in [-0.3, -0.25) is 4.98 Å². The Balaban J connectivity index is 1.81. The van der Waals surface area contributed by atoms with Gasteiger partial charge in [-0.15, -0.1) is 0 Å². The van der Waals surface area contributed by atoms with Crippen LogP contribution in [0.3, 0.4) is 0 Å². The van der Waals surface area contributed by atoms with E-state index in [9.17, 15) is 0 Å². The number of anilines is 1. The van der Waals surface area contributed by atoms with Crippen molar-refractivity contribution in [2.45, 2.75) is 13.5 Å². The molecule has 0 amide bonds. The number of rotatable bonds is 3. The van der Waals surface area contributed by atoms with E-state index < -0.39 is 0 Å². The van der Waals surface area contributed by atoms with E-state index in [1.165, 1.54) is 10.9 Å². The lowest BCUT2D eigenvalue weighted by Gasteiger charge is -2.10. The molecule has 1 heterocycles. The molecule has 0 bridgehead atoms. The van der Waals surface area contributed by atoms with Crippen LogP contribution in [0.15, 0.2) is 59.1 Å². The number of aromatic nitrogens is 1. The second-order valence-corrected chi connectivity index (χ2v) is 5.62. The first kappa shape index (κ1) is 13.1. The monoisotopic (exact) mass is 326 g/mol. The van der Waals surface area contributed by atoms with E-state index in [0.29, 0.717) is 0 Å². The zero-order valence-electron chi connectivity index (χ0n) is 11.2. The van der Waals surface area contributed by atoms with Crippen LogP contribution in [0.25, 0.3) is 10.9 Å². The summed E-state index contributed by atoms with van der Waals surface area (Å²) in [6, 6.07) is 18.5. The highest BCUT2D eigenvalue weighted by atomic mass is 79.9. The molecule has 2 aromatic carbocycles. The van der Waals surface area contributed by atoms with Crippen LogP contribution < -0.4 is 5.32 Å². The largest absolute Gasteiger partial charge is 0.379 e. The number of fused-ring (bicyclic) bond motifs is 1. The fraction of sp³-hybridized carbons (Fsp3) is 0.118. The van der Waals surface area contributed by atoms with Gasteiger partial charge in [-0.1, -0.05) is 46.3 Å². The van der Waals surface area contributed by atoms with E-state index in [1.807, 2.05) is 24.3 Å². The Hall–Kier alpha value is -1.87. The van der Waals surface area contributed by atoms with Crippen LogP contribution in [0.1, 0.15) is 11.3 Å². The molecule has 1 N–H and O–H groups in total. The van der Waals surface area contributed by atoms with Crippen molar-refractivity contribution in [1.82, 2.24) is 4.98 Å². The molecule has 100 valence electrons. The summed E-state index contributed by atoms with van der Waals surface area (Å²) in [6.45, 7) is 2.82. The minimum absolute atomic E-state index is 0.724. The van der Waals surface area contributed by atoms with Gasteiger partial charge < -0.3 is 5.32 Å². The number of halogens is 1. The Labute approximate surface area is 127 Å². The summed E-state index contributed by atoms with van der Waals surface area (Å²) < 4.78 is 1.12. The van der Waals surface area contributed by atoms with Crippen molar-refractivity contribution in [2.75, 3.05) is 5.32 Å². The molecule has 0 spiro atoms. The standard InChI is InChI=1S/C17H15BrN2/c1-12-15(18)6-4-8-16(12)19-11-14-10-9-13-5-2-3-7-17(13)20-14/h2-10,19H,11H2,1H3. The second kappa shape index (κ2) is 5.63. The van der Waals surface area contributed by atoms with E-state index in [0.717, 1.165) is 27.9 Å². The number of hydrogen-bond acceptors (Lipinski definition) is 2. The molecule has 0 saturated heterocycles. The molecule has 0 unspecified atom stereocenters. The van der Waals surface area contributed by atoms with Crippen molar-refractivity contribution in [3.8, 4) is 0 Å². The minimum Gasteiger partial charge on any atom is -0.379 e. The first-order chi connectivity index (χ1) is 9.74. The molecule has 0 aliphatic rings. The molecule has 2 nitrogen and oxygen atoms in total. The maximum absolute atomic E-state index is 4.67. The first-order valence-electron chi connectivity index (χ1n) is 6.58. The van der Waals surface area contributed by atoms with Gasteiger partial charge in [0.2, 0.25) is 0 Å². The molecule has 0 fully saturated rings. The fourth-order valence-electron chi connectivity index (χ4n) is 2.19. The Morgan fingerprint density at radius 1 is 1.00 bits per heavy atom. The normalized spacial score (nSPS) is 10.7. The summed E-state index contributed by atoms with van der Waals surface area (Å²) >= 11 is 3.55. The van der Waals surface area contributed by atoms with E-state index in [1.54, 1.807) is 0 Å². The Kier molecular flexibility index (Phi) is 3.70. The van der Waals surface area contributed by atoms with Crippen LogP contribution >= 0.6 is 15.9 Å². The van der Waals surface area contributed by atoms with Crippen LogP contribution in [0.4, 0.5) is 5.69 Å². The van der Waals surface area contributed by atoms with Crippen molar-refractivity contribution in [2.24, 2.45) is 0 Å². The van der Waals surface area contributed by atoms with Crippen molar-refractivity contribution < 1.29 is 0 Å². The van der Waals surface area contributed by atoms with Crippen LogP contribution in [0.2, 0.25) is 0 Å². The molecule has 0 radical (unpaired) electrons. The summed E-state index contributed by atoms with van der Waals surface area (Å²) in [6.07, 6.45) is 0. The number of para-hydroxylation sites is 1. The molecule has 0 aliphatic carbocycles. The molecule has 3 heteroatoms. The van der Waals surface area contributed by atoms with Gasteiger partial charge in [0.05, 0.1) is 17.8 Å². The van der Waals surface area contributed by atoms with Crippen LogP contribution in [0, 0.1) is 6.92 Å². The topological polar surface area (TPSA) is 24.9 Å². The summed E-state index contributed by atoms with van der Waals surface area (Å²) in [5.41, 5.74) is 4.43. The van der Waals surface area contributed by atoms with E-state index >= 15 is 0 Å². The number of benzene rings is 2. The van der Waals surface area contributed by atoms with Crippen molar-refractivity contribution in [3.05, 3.63) is 70.3 Å². The van der Waals surface area contributed by atoms with Crippen LogP contribution in [-0.4, -0.2) is 4.98 Å². The predicted molar refractivity (Wildman–Crippen MR) is 87.9 cm³/mol. The second-order valence-electron chi connectivity index (χ2n) is 4.76. The summed E-state index contributed by atoms with van der Waals surface area (Å²) in [5.74, 6) is 0. The van der Waals surface area contributed by atoms with Gasteiger partial charge in [0, 0.05) is 15.5 Å². The highest BCUT2D eigenvalue weighted by molar-refractivity contribution is 9.10. The molecule has 1 aromatic heterocycles. The molecule has 3 aromatic rings. The maximum atomic E-state index is 4.67. The van der Waals surface area contributed by atoms with Crippen LogP contribution in [0.5, 0.6) is 0 Å². The third-order valence-corrected chi connectivity index (χ3v) is 4.24. The average molecular weight is 327 g/mol. The van der Waals surface area contributed by atoms with Gasteiger partial charge in [-0.2, -0.15) is 0 Å². The minimum atomic E-state index is 0.724. The fourth-order valence-corrected chi connectivity index (χ4v) is 2.56. The summed E-state index contributed by atoms with van der Waals surface area (Å²) in [7, 11) is 0. The zero-order chi connectivity index (χ0) is 13.9. The molecule has 20 heavy (non-hydrogen) atoms. The highest BCUT2D eigenvalue weighted by Crippen LogP contribution is 2.24. The lowest BCUT2D eigenvalue weighted by atomic mass is 10.2. The smallest absolute Gasteiger partial charge is 0.0706 e. The predicted octanol–water partition coefficient (Wildman–Crippen LogP) is 4.92. The number of nitrogens with one attached hydrogen (secondary N) is 1. The first-order valence-corrected chi connectivity index (χ1v) is 7.37. The van der Waals surface area contributed by atoms with Crippen molar-refractivity contribution in [1.29, 1.82) is 0 Å². The Morgan fingerprint density at radius 3 is 2.75 bits per heavy atom. The lowest BCUT2D eigenvalue weighted by Crippen LogP contribution is -2.03. The zero-order valence-corrected chi connectivity index (χ0v) is 12.8. The van der Waals surface area contributed by atoms with Gasteiger partial charge >= 0.3 is 0 Å². The molecule has 0 atom stereocenters. The lowest BCUT2D eigenvalue weighted by molar-refractivity contribution is 1.06. The van der Waals surface area contributed by atoms with E-state index in [4.69, 9.17) is 0 Å². The van der Waals surface area contributed by atoms with E-state index in [2.05, 4.69) is 63.5 Å². The molecule has 0 saturated carbocycles. The van der Waals surface area contributed by atoms with Gasteiger partial charge in [0.1, 0.15) is 0 Å². The molecular formula is C17H15BrN2. The van der Waals surface area contributed by atoms with Gasteiger partial charge in [-0.25, -0.2) is 0 Å².